The molecule has 36 heavy (non-hydrogen) atoms. The summed E-state index contributed by atoms with van der Waals surface area (Å²) in [6.45, 7) is 0. The normalized spacial score (nSPS) is 11.3. The van der Waals surface area contributed by atoms with Crippen molar-refractivity contribution in [2.75, 3.05) is 30.0 Å². The molecule has 0 aliphatic carbocycles. The third-order valence-electron chi connectivity index (χ3n) is 4.90. The first-order valence-electron chi connectivity index (χ1n) is 10.2. The fourth-order valence-corrected chi connectivity index (χ4v) is 3.37. The maximum atomic E-state index is 13.0. The van der Waals surface area contributed by atoms with Crippen molar-refractivity contribution in [2.24, 2.45) is 0 Å². The van der Waals surface area contributed by atoms with Crippen LogP contribution in [-0.2, 0) is 6.18 Å². The molecule has 186 valence electrons. The number of nitrogens with one attached hydrogen (secondary N) is 3. The van der Waals surface area contributed by atoms with Gasteiger partial charge in [0, 0.05) is 31.2 Å². The molecule has 0 saturated heterocycles. The van der Waals surface area contributed by atoms with Crippen LogP contribution in [-0.4, -0.2) is 50.6 Å². The monoisotopic (exact) mass is 518 g/mol. The van der Waals surface area contributed by atoms with E-state index < -0.39 is 22.8 Å². The van der Waals surface area contributed by atoms with Crippen LogP contribution in [0.25, 0.3) is 16.9 Å². The maximum absolute atomic E-state index is 13.0. The lowest BCUT2D eigenvalue weighted by atomic mass is 10.2. The van der Waals surface area contributed by atoms with Crippen molar-refractivity contribution in [2.45, 2.75) is 6.18 Å². The Kier molecular flexibility index (Phi) is 6.66. The topological polar surface area (TPSA) is 117 Å². The van der Waals surface area contributed by atoms with Crippen LogP contribution in [0, 0.1) is 0 Å². The zero-order chi connectivity index (χ0) is 26.0. The maximum Gasteiger partial charge on any atom is 0.417 e. The lowest BCUT2D eigenvalue weighted by Gasteiger charge is -2.13. The van der Waals surface area contributed by atoms with Crippen LogP contribution in [0.3, 0.4) is 0 Å². The van der Waals surface area contributed by atoms with Gasteiger partial charge in [-0.1, -0.05) is 11.6 Å². The highest BCUT2D eigenvalue weighted by Crippen LogP contribution is 2.36. The first-order valence-corrected chi connectivity index (χ1v) is 10.6. The van der Waals surface area contributed by atoms with E-state index in [1.54, 1.807) is 42.9 Å². The molecular weight excluding hydrogens is 501 g/mol. The van der Waals surface area contributed by atoms with E-state index in [2.05, 4.69) is 30.9 Å². The molecule has 0 fully saturated rings. The van der Waals surface area contributed by atoms with Gasteiger partial charge in [-0.25, -0.2) is 24.5 Å². The van der Waals surface area contributed by atoms with E-state index in [1.807, 2.05) is 0 Å². The largest absolute Gasteiger partial charge is 0.417 e. The number of alkyl halides is 3. The summed E-state index contributed by atoms with van der Waals surface area (Å²) in [6.07, 6.45) is -1.84. The van der Waals surface area contributed by atoms with Gasteiger partial charge in [-0.15, -0.1) is 0 Å². The summed E-state index contributed by atoms with van der Waals surface area (Å²) < 4.78 is 40.7. The SMILES string of the molecule is CN(C)C(=O)Nc1ncnc2c1ncn2-c1ccc(NC(=O)Nc2ccc(Cl)c(C(F)(F)F)c2)cc1. The molecule has 14 heteroatoms. The number of rotatable bonds is 4. The van der Waals surface area contributed by atoms with Gasteiger partial charge >= 0.3 is 18.2 Å². The zero-order valence-electron chi connectivity index (χ0n) is 18.8. The number of imidazole rings is 1. The molecule has 0 radical (unpaired) electrons. The number of carbonyl (C=O) groups is 2. The highest BCUT2D eigenvalue weighted by Gasteiger charge is 2.33. The van der Waals surface area contributed by atoms with E-state index in [0.717, 1.165) is 12.1 Å². The molecule has 0 unspecified atom stereocenters. The number of urea groups is 2. The summed E-state index contributed by atoms with van der Waals surface area (Å²) in [4.78, 5) is 38.2. The number of carbonyl (C=O) groups excluding carboxylic acids is 2. The molecular formula is C22H18ClF3N8O2. The number of nitrogens with zero attached hydrogens (tertiary/aromatic N) is 5. The lowest BCUT2D eigenvalue weighted by Crippen LogP contribution is -2.27. The minimum absolute atomic E-state index is 0.0671. The predicted molar refractivity (Wildman–Crippen MR) is 128 cm³/mol. The second-order valence-corrected chi connectivity index (χ2v) is 8.06. The van der Waals surface area contributed by atoms with Gasteiger partial charge in [-0.3, -0.25) is 9.88 Å². The molecule has 0 spiro atoms. The van der Waals surface area contributed by atoms with Gasteiger partial charge in [0.15, 0.2) is 17.0 Å². The number of amides is 4. The molecule has 0 bridgehead atoms. The van der Waals surface area contributed by atoms with E-state index in [9.17, 15) is 22.8 Å². The van der Waals surface area contributed by atoms with Crippen LogP contribution in [0.4, 0.5) is 40.0 Å². The Morgan fingerprint density at radius 1 is 0.944 bits per heavy atom. The molecule has 2 aromatic carbocycles. The van der Waals surface area contributed by atoms with Gasteiger partial charge in [0.2, 0.25) is 0 Å². The van der Waals surface area contributed by atoms with Crippen molar-refractivity contribution in [3.8, 4) is 5.69 Å². The van der Waals surface area contributed by atoms with Gasteiger partial charge in [-0.2, -0.15) is 13.2 Å². The summed E-state index contributed by atoms with van der Waals surface area (Å²) in [7, 11) is 3.19. The Morgan fingerprint density at radius 3 is 2.28 bits per heavy atom. The average Bonchev–Trinajstić information content (AvgIpc) is 3.25. The van der Waals surface area contributed by atoms with Crippen LogP contribution in [0.15, 0.2) is 55.1 Å². The Balaban J connectivity index is 1.48. The summed E-state index contributed by atoms with van der Waals surface area (Å²) in [5, 5.41) is 7.08. The van der Waals surface area contributed by atoms with Crippen LogP contribution >= 0.6 is 11.6 Å². The Bertz CT molecular complexity index is 1440. The van der Waals surface area contributed by atoms with E-state index in [0.29, 0.717) is 22.5 Å². The smallest absolute Gasteiger partial charge is 0.331 e. The fourth-order valence-electron chi connectivity index (χ4n) is 3.15. The standard InChI is InChI=1S/C22H18ClF3N8O2/c1-33(2)21(36)32-18-17-19(28-10-27-18)34(11-29-17)14-6-3-12(4-7-14)30-20(35)31-13-5-8-16(23)15(9-13)22(24,25)26/h3-11H,1-2H3,(H2,30,31,35)(H,27,28,32,36). The number of benzene rings is 2. The number of hydrogen-bond acceptors (Lipinski definition) is 5. The highest BCUT2D eigenvalue weighted by atomic mass is 35.5. The predicted octanol–water partition coefficient (Wildman–Crippen LogP) is 5.23. The molecule has 4 amide bonds. The minimum Gasteiger partial charge on any atom is -0.331 e. The molecule has 10 nitrogen and oxygen atoms in total. The van der Waals surface area contributed by atoms with Crippen molar-refractivity contribution in [3.63, 3.8) is 0 Å². The summed E-state index contributed by atoms with van der Waals surface area (Å²) in [5.74, 6) is 0.253. The first-order chi connectivity index (χ1) is 17.0. The Hall–Kier alpha value is -4.39. The third kappa shape index (κ3) is 5.30. The number of halogens is 4. The van der Waals surface area contributed by atoms with Crippen molar-refractivity contribution < 1.29 is 22.8 Å². The zero-order valence-corrected chi connectivity index (χ0v) is 19.5. The average molecular weight is 519 g/mol. The van der Waals surface area contributed by atoms with Crippen LogP contribution in [0.2, 0.25) is 5.02 Å². The van der Waals surface area contributed by atoms with E-state index in [1.165, 1.54) is 23.6 Å². The second-order valence-electron chi connectivity index (χ2n) is 7.65. The fraction of sp³-hybridized carbons (Fsp3) is 0.136. The summed E-state index contributed by atoms with van der Waals surface area (Å²) in [6, 6.07) is 8.53. The molecule has 0 atom stereocenters. The van der Waals surface area contributed by atoms with Crippen molar-refractivity contribution in [1.82, 2.24) is 24.4 Å². The first kappa shape index (κ1) is 24.7. The molecule has 4 rings (SSSR count). The van der Waals surface area contributed by atoms with Crippen molar-refractivity contribution >= 4 is 52.0 Å². The lowest BCUT2D eigenvalue weighted by molar-refractivity contribution is -0.137. The second kappa shape index (κ2) is 9.70. The minimum atomic E-state index is -4.65. The van der Waals surface area contributed by atoms with Gasteiger partial charge < -0.3 is 15.5 Å². The van der Waals surface area contributed by atoms with Crippen LogP contribution in [0.1, 0.15) is 5.56 Å². The number of fused-ring (bicyclic) bond motifs is 1. The quantitative estimate of drug-likeness (QED) is 0.342. The Morgan fingerprint density at radius 2 is 1.61 bits per heavy atom. The molecule has 3 N–H and O–H groups in total. The van der Waals surface area contributed by atoms with Gasteiger partial charge in [0.05, 0.1) is 10.6 Å². The number of aromatic nitrogens is 4. The van der Waals surface area contributed by atoms with Crippen LogP contribution in [0.5, 0.6) is 0 Å². The van der Waals surface area contributed by atoms with Gasteiger partial charge in [0.1, 0.15) is 12.7 Å². The van der Waals surface area contributed by atoms with E-state index in [4.69, 9.17) is 11.6 Å². The molecule has 0 aliphatic heterocycles. The van der Waals surface area contributed by atoms with Gasteiger partial charge in [-0.05, 0) is 42.5 Å². The molecule has 0 aliphatic rings. The third-order valence-corrected chi connectivity index (χ3v) is 5.23. The number of hydrogen-bond donors (Lipinski definition) is 3. The number of anilines is 3. The summed E-state index contributed by atoms with van der Waals surface area (Å²) >= 11 is 5.60. The van der Waals surface area contributed by atoms with Crippen LogP contribution < -0.4 is 16.0 Å². The van der Waals surface area contributed by atoms with E-state index >= 15 is 0 Å². The highest BCUT2D eigenvalue weighted by molar-refractivity contribution is 6.31. The van der Waals surface area contributed by atoms with Crippen molar-refractivity contribution in [3.05, 3.63) is 65.7 Å². The molecule has 2 aromatic heterocycles. The Labute approximate surface area is 207 Å². The van der Waals surface area contributed by atoms with Gasteiger partial charge in [0.25, 0.3) is 0 Å². The summed E-state index contributed by atoms with van der Waals surface area (Å²) in [5.41, 5.74) is 0.754. The molecule has 4 aromatic rings. The van der Waals surface area contributed by atoms with Crippen molar-refractivity contribution in [1.29, 1.82) is 0 Å². The van der Waals surface area contributed by atoms with E-state index in [-0.39, 0.29) is 17.5 Å². The molecule has 0 saturated carbocycles. The molecule has 2 heterocycles.